The summed E-state index contributed by atoms with van der Waals surface area (Å²) in [6, 6.07) is 5.61. The summed E-state index contributed by atoms with van der Waals surface area (Å²) < 4.78 is 0. The summed E-state index contributed by atoms with van der Waals surface area (Å²) in [5, 5.41) is 9.55. The van der Waals surface area contributed by atoms with Gasteiger partial charge in [0.2, 0.25) is 0 Å². The first-order valence-electron chi connectivity index (χ1n) is 9.39. The summed E-state index contributed by atoms with van der Waals surface area (Å²) >= 11 is 0. The molecule has 0 aliphatic carbocycles. The van der Waals surface area contributed by atoms with E-state index in [0.717, 1.165) is 37.2 Å². The van der Waals surface area contributed by atoms with Crippen LogP contribution in [0.15, 0.2) is 18.2 Å². The lowest BCUT2D eigenvalue weighted by Gasteiger charge is -2.36. The molecule has 3 rings (SSSR count). The van der Waals surface area contributed by atoms with Gasteiger partial charge < -0.3 is 19.8 Å². The molecule has 1 amide bonds. The minimum Gasteiger partial charge on any atom is -0.480 e. The fourth-order valence-corrected chi connectivity index (χ4v) is 4.20. The highest BCUT2D eigenvalue weighted by atomic mass is 16.4. The molecule has 0 spiro atoms. The molecule has 1 fully saturated rings. The summed E-state index contributed by atoms with van der Waals surface area (Å²) in [6.07, 6.45) is 2.58. The number of piperidine rings is 1. The van der Waals surface area contributed by atoms with Gasteiger partial charge in [0.25, 0.3) is 5.91 Å². The molecule has 1 aromatic rings. The number of nitrogens with zero attached hydrogens (tertiary/aromatic N) is 3. The van der Waals surface area contributed by atoms with Gasteiger partial charge in [-0.25, -0.2) is 4.79 Å². The molecule has 2 atom stereocenters. The number of carboxylic acid groups (broad SMARTS) is 1. The number of carbonyl (C=O) groups is 2. The fraction of sp³-hybridized carbons (Fsp3) is 0.600. The Morgan fingerprint density at radius 3 is 2.62 bits per heavy atom. The molecule has 2 heterocycles. The first-order chi connectivity index (χ1) is 12.3. The zero-order chi connectivity index (χ0) is 19.0. The van der Waals surface area contributed by atoms with Gasteiger partial charge in [-0.3, -0.25) is 4.79 Å². The summed E-state index contributed by atoms with van der Waals surface area (Å²) in [5.41, 5.74) is 2.56. The van der Waals surface area contributed by atoms with Gasteiger partial charge >= 0.3 is 5.97 Å². The fourth-order valence-electron chi connectivity index (χ4n) is 4.20. The lowest BCUT2D eigenvalue weighted by Crippen LogP contribution is -2.47. The molecule has 1 aromatic carbocycles. The van der Waals surface area contributed by atoms with E-state index in [9.17, 15) is 14.7 Å². The molecule has 6 heteroatoms. The van der Waals surface area contributed by atoms with Crippen molar-refractivity contribution >= 4 is 17.6 Å². The maximum Gasteiger partial charge on any atom is 0.326 e. The standard InChI is InChI=1S/C20H29N3O3/c1-13(2)23-17-8-7-14(10-15(17)11-18(23)20(25)26)19(24)22-9-5-6-16(12-22)21(3)4/h7-8,10,13,16,18H,5-6,9,11-12H2,1-4H3,(H,25,26). The quantitative estimate of drug-likeness (QED) is 0.892. The predicted octanol–water partition coefficient (Wildman–Crippen LogP) is 2.08. The van der Waals surface area contributed by atoms with Gasteiger partial charge in [-0.1, -0.05) is 0 Å². The maximum atomic E-state index is 13.0. The molecule has 0 radical (unpaired) electrons. The van der Waals surface area contributed by atoms with Crippen LogP contribution < -0.4 is 4.90 Å². The number of fused-ring (bicyclic) bond motifs is 1. The van der Waals surface area contributed by atoms with Crippen LogP contribution in [0.2, 0.25) is 0 Å². The Kier molecular flexibility index (Phi) is 5.23. The molecule has 2 aliphatic heterocycles. The van der Waals surface area contributed by atoms with Gasteiger partial charge in [0.05, 0.1) is 0 Å². The minimum atomic E-state index is -0.812. The number of likely N-dealkylation sites (tertiary alicyclic amines) is 1. The first-order valence-corrected chi connectivity index (χ1v) is 9.39. The highest BCUT2D eigenvalue weighted by molar-refractivity contribution is 5.95. The van der Waals surface area contributed by atoms with Crippen molar-refractivity contribution in [1.82, 2.24) is 9.80 Å². The van der Waals surface area contributed by atoms with Crippen LogP contribution >= 0.6 is 0 Å². The summed E-state index contributed by atoms with van der Waals surface area (Å²) in [4.78, 5) is 30.7. The maximum absolute atomic E-state index is 13.0. The second-order valence-corrected chi connectivity index (χ2v) is 7.91. The van der Waals surface area contributed by atoms with E-state index in [4.69, 9.17) is 0 Å². The number of likely N-dealkylation sites (N-methyl/N-ethyl adjacent to an activating group) is 1. The average Bonchev–Trinajstić information content (AvgIpc) is 3.00. The van der Waals surface area contributed by atoms with Gasteiger partial charge in [-0.15, -0.1) is 0 Å². The Morgan fingerprint density at radius 1 is 1.27 bits per heavy atom. The second kappa shape index (κ2) is 7.27. The van der Waals surface area contributed by atoms with E-state index in [1.165, 1.54) is 0 Å². The molecule has 6 nitrogen and oxygen atoms in total. The summed E-state index contributed by atoms with van der Waals surface area (Å²) in [7, 11) is 4.11. The highest BCUT2D eigenvalue weighted by Crippen LogP contribution is 2.35. The number of aliphatic carboxylic acids is 1. The van der Waals surface area contributed by atoms with Gasteiger partial charge in [0, 0.05) is 42.8 Å². The average molecular weight is 359 g/mol. The van der Waals surface area contributed by atoms with E-state index in [0.29, 0.717) is 18.0 Å². The zero-order valence-electron chi connectivity index (χ0n) is 16.1. The van der Waals surface area contributed by atoms with Crippen LogP contribution in [0, 0.1) is 0 Å². The number of anilines is 1. The molecule has 2 aliphatic rings. The Bertz CT molecular complexity index is 702. The lowest BCUT2D eigenvalue weighted by molar-refractivity contribution is -0.138. The normalized spacial score (nSPS) is 22.8. The Balaban J connectivity index is 1.83. The number of hydrogen-bond acceptors (Lipinski definition) is 4. The van der Waals surface area contributed by atoms with Gasteiger partial charge in [0.15, 0.2) is 0 Å². The van der Waals surface area contributed by atoms with Crippen molar-refractivity contribution in [3.8, 4) is 0 Å². The molecule has 1 saturated heterocycles. The van der Waals surface area contributed by atoms with E-state index in [-0.39, 0.29) is 11.9 Å². The van der Waals surface area contributed by atoms with Crippen molar-refractivity contribution in [2.75, 3.05) is 32.1 Å². The first kappa shape index (κ1) is 18.7. The molecule has 0 bridgehead atoms. The van der Waals surface area contributed by atoms with Crippen LogP contribution in [0.5, 0.6) is 0 Å². The number of amides is 1. The van der Waals surface area contributed by atoms with E-state index in [2.05, 4.69) is 19.0 Å². The van der Waals surface area contributed by atoms with Crippen LogP contribution in [-0.2, 0) is 11.2 Å². The monoisotopic (exact) mass is 359 g/mol. The molecule has 1 N–H and O–H groups in total. The highest BCUT2D eigenvalue weighted by Gasteiger charge is 2.36. The third-order valence-electron chi connectivity index (χ3n) is 5.61. The van der Waals surface area contributed by atoms with Crippen molar-refractivity contribution in [2.24, 2.45) is 0 Å². The molecule has 0 saturated carbocycles. The van der Waals surface area contributed by atoms with Crippen LogP contribution in [0.1, 0.15) is 42.6 Å². The third kappa shape index (κ3) is 3.43. The van der Waals surface area contributed by atoms with Crippen LogP contribution in [0.3, 0.4) is 0 Å². The molecule has 142 valence electrons. The predicted molar refractivity (Wildman–Crippen MR) is 102 cm³/mol. The smallest absolute Gasteiger partial charge is 0.326 e. The lowest BCUT2D eigenvalue weighted by atomic mass is 10.0. The van der Waals surface area contributed by atoms with Gasteiger partial charge in [0.1, 0.15) is 6.04 Å². The summed E-state index contributed by atoms with van der Waals surface area (Å²) in [5.74, 6) is -0.762. The van der Waals surface area contributed by atoms with E-state index in [1.54, 1.807) is 0 Å². The zero-order valence-corrected chi connectivity index (χ0v) is 16.1. The molecule has 26 heavy (non-hydrogen) atoms. The van der Waals surface area contributed by atoms with Crippen molar-refractivity contribution in [2.45, 2.75) is 51.2 Å². The SMILES string of the molecule is CC(C)N1c2ccc(C(=O)N3CCCC(N(C)C)C3)cc2CC1C(=O)O. The molecular formula is C20H29N3O3. The number of hydrogen-bond donors (Lipinski definition) is 1. The van der Waals surface area contributed by atoms with Crippen LogP contribution in [-0.4, -0.2) is 72.1 Å². The Hall–Kier alpha value is -2.08. The Morgan fingerprint density at radius 2 is 2.00 bits per heavy atom. The second-order valence-electron chi connectivity index (χ2n) is 7.91. The largest absolute Gasteiger partial charge is 0.480 e. The van der Waals surface area contributed by atoms with Crippen molar-refractivity contribution in [3.05, 3.63) is 29.3 Å². The van der Waals surface area contributed by atoms with Gasteiger partial charge in [-0.05, 0) is 64.5 Å². The van der Waals surface area contributed by atoms with Crippen LogP contribution in [0.25, 0.3) is 0 Å². The molecular weight excluding hydrogens is 330 g/mol. The molecule has 2 unspecified atom stereocenters. The number of benzene rings is 1. The topological polar surface area (TPSA) is 64.1 Å². The van der Waals surface area contributed by atoms with Crippen LogP contribution in [0.4, 0.5) is 5.69 Å². The number of carboxylic acids is 1. The number of carbonyl (C=O) groups excluding carboxylic acids is 1. The van der Waals surface area contributed by atoms with E-state index >= 15 is 0 Å². The van der Waals surface area contributed by atoms with Gasteiger partial charge in [-0.2, -0.15) is 0 Å². The molecule has 0 aromatic heterocycles. The van der Waals surface area contributed by atoms with E-state index < -0.39 is 12.0 Å². The third-order valence-corrected chi connectivity index (χ3v) is 5.61. The van der Waals surface area contributed by atoms with Crippen molar-refractivity contribution in [3.63, 3.8) is 0 Å². The minimum absolute atomic E-state index is 0.0502. The van der Waals surface area contributed by atoms with Crippen molar-refractivity contribution in [1.29, 1.82) is 0 Å². The summed E-state index contributed by atoms with van der Waals surface area (Å²) in [6.45, 7) is 5.54. The number of rotatable bonds is 4. The van der Waals surface area contributed by atoms with E-state index in [1.807, 2.05) is 41.8 Å². The van der Waals surface area contributed by atoms with Crippen molar-refractivity contribution < 1.29 is 14.7 Å². The Labute approximate surface area is 155 Å².